The van der Waals surface area contributed by atoms with Crippen molar-refractivity contribution in [2.75, 3.05) is 6.54 Å². The Balaban J connectivity index is 2.37. The van der Waals surface area contributed by atoms with Gasteiger partial charge in [-0.1, -0.05) is 18.2 Å². The summed E-state index contributed by atoms with van der Waals surface area (Å²) in [6.07, 6.45) is 3.56. The minimum Gasteiger partial charge on any atom is -0.327 e. The number of hydrogen-bond acceptors (Lipinski definition) is 4. The molecule has 1 aromatic heterocycles. The van der Waals surface area contributed by atoms with Crippen LogP contribution in [0.4, 0.5) is 0 Å². The maximum Gasteiger partial charge on any atom is 0.143 e. The molecule has 0 fully saturated rings. The van der Waals surface area contributed by atoms with Crippen molar-refractivity contribution in [2.45, 2.75) is 6.92 Å². The minimum atomic E-state index is 0.543. The summed E-state index contributed by atoms with van der Waals surface area (Å²) in [5.74, 6) is 0. The Morgan fingerprint density at radius 3 is 3.06 bits per heavy atom. The first-order chi connectivity index (χ1) is 7.81. The molecule has 2 rings (SSSR count). The van der Waals surface area contributed by atoms with Crippen molar-refractivity contribution in [2.24, 2.45) is 5.73 Å². The molecular weight excluding hydrogens is 202 g/mol. The van der Waals surface area contributed by atoms with E-state index in [1.54, 1.807) is 11.0 Å². The van der Waals surface area contributed by atoms with E-state index in [4.69, 9.17) is 5.73 Å². The molecule has 1 heterocycles. The van der Waals surface area contributed by atoms with Gasteiger partial charge in [0.25, 0.3) is 0 Å². The van der Waals surface area contributed by atoms with Gasteiger partial charge in [0.1, 0.15) is 6.33 Å². The van der Waals surface area contributed by atoms with E-state index in [0.717, 1.165) is 16.8 Å². The van der Waals surface area contributed by atoms with Crippen LogP contribution >= 0.6 is 0 Å². The first-order valence-electron chi connectivity index (χ1n) is 5.02. The van der Waals surface area contributed by atoms with E-state index < -0.39 is 0 Å². The molecule has 0 radical (unpaired) electrons. The topological polar surface area (TPSA) is 69.6 Å². The second kappa shape index (κ2) is 4.67. The van der Waals surface area contributed by atoms with E-state index in [2.05, 4.69) is 15.5 Å². The lowest BCUT2D eigenvalue weighted by molar-refractivity contribution is 0.789. The molecule has 0 amide bonds. The van der Waals surface area contributed by atoms with Crippen LogP contribution in [0.1, 0.15) is 12.5 Å². The molecule has 5 nitrogen and oxygen atoms in total. The van der Waals surface area contributed by atoms with Crippen LogP contribution in [0, 0.1) is 0 Å². The predicted molar refractivity (Wildman–Crippen MR) is 61.9 cm³/mol. The average Bonchev–Trinajstić information content (AvgIpc) is 2.83. The highest BCUT2D eigenvalue weighted by Crippen LogP contribution is 2.16. The van der Waals surface area contributed by atoms with Crippen LogP contribution in [0.5, 0.6) is 0 Å². The highest BCUT2D eigenvalue weighted by atomic mass is 15.5. The van der Waals surface area contributed by atoms with E-state index in [1.165, 1.54) is 0 Å². The molecule has 0 unspecified atom stereocenters. The number of nitrogens with two attached hydrogens (primary N) is 1. The molecule has 2 N–H and O–H groups in total. The summed E-state index contributed by atoms with van der Waals surface area (Å²) < 4.78 is 1.62. The Hall–Kier alpha value is -2.01. The third-order valence-corrected chi connectivity index (χ3v) is 2.34. The molecular formula is C11H13N5. The molecule has 2 aromatic rings. The molecule has 5 heteroatoms. The molecule has 0 atom stereocenters. The van der Waals surface area contributed by atoms with Crippen molar-refractivity contribution < 1.29 is 0 Å². The van der Waals surface area contributed by atoms with Crippen molar-refractivity contribution in [3.8, 4) is 5.69 Å². The molecule has 0 bridgehead atoms. The zero-order valence-electron chi connectivity index (χ0n) is 9.04. The third-order valence-electron chi connectivity index (χ3n) is 2.34. The Morgan fingerprint density at radius 2 is 2.38 bits per heavy atom. The van der Waals surface area contributed by atoms with E-state index >= 15 is 0 Å². The molecule has 0 aliphatic carbocycles. The SMILES string of the molecule is CC(=CCN)c1cccc(-n2cnnn2)c1. The van der Waals surface area contributed by atoms with E-state index in [0.29, 0.717) is 6.54 Å². The number of allylic oxidation sites excluding steroid dienone is 1. The molecule has 1 aromatic carbocycles. The van der Waals surface area contributed by atoms with Crippen LogP contribution in [0.15, 0.2) is 36.7 Å². The fourth-order valence-corrected chi connectivity index (χ4v) is 1.47. The summed E-state index contributed by atoms with van der Waals surface area (Å²) in [7, 11) is 0. The molecule has 0 saturated carbocycles. The van der Waals surface area contributed by atoms with Gasteiger partial charge in [-0.05, 0) is 40.6 Å². The molecule has 0 saturated heterocycles. The number of aromatic nitrogens is 4. The first-order valence-corrected chi connectivity index (χ1v) is 5.02. The largest absolute Gasteiger partial charge is 0.327 e. The fourth-order valence-electron chi connectivity index (χ4n) is 1.47. The maximum atomic E-state index is 5.49. The summed E-state index contributed by atoms with van der Waals surface area (Å²) in [6, 6.07) is 7.99. The smallest absolute Gasteiger partial charge is 0.143 e. The minimum absolute atomic E-state index is 0.543. The summed E-state index contributed by atoms with van der Waals surface area (Å²) in [5, 5.41) is 11.1. The highest BCUT2D eigenvalue weighted by molar-refractivity contribution is 5.65. The molecule has 16 heavy (non-hydrogen) atoms. The first kappa shape index (κ1) is 10.5. The zero-order valence-corrected chi connectivity index (χ0v) is 9.04. The lowest BCUT2D eigenvalue weighted by Crippen LogP contribution is -1.97. The van der Waals surface area contributed by atoms with Gasteiger partial charge in [-0.25, -0.2) is 4.68 Å². The summed E-state index contributed by atoms with van der Waals surface area (Å²) in [4.78, 5) is 0. The van der Waals surface area contributed by atoms with Gasteiger partial charge in [0.2, 0.25) is 0 Å². The second-order valence-electron chi connectivity index (χ2n) is 3.43. The van der Waals surface area contributed by atoms with Gasteiger partial charge >= 0.3 is 0 Å². The molecule has 82 valence electrons. The quantitative estimate of drug-likeness (QED) is 0.830. The second-order valence-corrected chi connectivity index (χ2v) is 3.43. The molecule has 0 aliphatic heterocycles. The van der Waals surface area contributed by atoms with E-state index in [1.807, 2.05) is 37.3 Å². The van der Waals surface area contributed by atoms with E-state index in [9.17, 15) is 0 Å². The Kier molecular flexibility index (Phi) is 3.07. The predicted octanol–water partition coefficient (Wildman–Crippen LogP) is 1.02. The average molecular weight is 215 g/mol. The van der Waals surface area contributed by atoms with Crippen LogP contribution in [-0.2, 0) is 0 Å². The standard InChI is InChI=1S/C11H13N5/c1-9(5-6-12)10-3-2-4-11(7-10)16-8-13-14-15-16/h2-5,7-8H,6,12H2,1H3. The van der Waals surface area contributed by atoms with Crippen molar-refractivity contribution in [1.29, 1.82) is 0 Å². The van der Waals surface area contributed by atoms with Gasteiger partial charge in [-0.2, -0.15) is 0 Å². The van der Waals surface area contributed by atoms with Crippen molar-refractivity contribution >= 4 is 5.57 Å². The summed E-state index contributed by atoms with van der Waals surface area (Å²) >= 11 is 0. The van der Waals surface area contributed by atoms with Crippen molar-refractivity contribution in [3.63, 3.8) is 0 Å². The van der Waals surface area contributed by atoms with Gasteiger partial charge in [0.05, 0.1) is 5.69 Å². The van der Waals surface area contributed by atoms with Crippen LogP contribution in [0.3, 0.4) is 0 Å². The number of hydrogen-bond donors (Lipinski definition) is 1. The summed E-state index contributed by atoms with van der Waals surface area (Å²) in [6.45, 7) is 2.58. The van der Waals surface area contributed by atoms with Gasteiger partial charge in [0, 0.05) is 6.54 Å². The normalized spacial score (nSPS) is 11.8. The van der Waals surface area contributed by atoms with Gasteiger partial charge in [0.15, 0.2) is 0 Å². The number of nitrogens with zero attached hydrogens (tertiary/aromatic N) is 4. The van der Waals surface area contributed by atoms with Gasteiger partial charge in [-0.3, -0.25) is 0 Å². The van der Waals surface area contributed by atoms with Crippen LogP contribution in [0.2, 0.25) is 0 Å². The Labute approximate surface area is 93.6 Å². The molecule has 0 spiro atoms. The van der Waals surface area contributed by atoms with Gasteiger partial charge < -0.3 is 5.73 Å². The van der Waals surface area contributed by atoms with E-state index in [-0.39, 0.29) is 0 Å². The lowest BCUT2D eigenvalue weighted by Gasteiger charge is -2.04. The monoisotopic (exact) mass is 215 g/mol. The fraction of sp³-hybridized carbons (Fsp3) is 0.182. The molecule has 0 aliphatic rings. The zero-order chi connectivity index (χ0) is 11.4. The lowest BCUT2D eigenvalue weighted by atomic mass is 10.1. The maximum absolute atomic E-state index is 5.49. The highest BCUT2D eigenvalue weighted by Gasteiger charge is 2.00. The van der Waals surface area contributed by atoms with Crippen LogP contribution in [-0.4, -0.2) is 26.8 Å². The Bertz CT molecular complexity index is 487. The third kappa shape index (κ3) is 2.14. The Morgan fingerprint density at radius 1 is 1.50 bits per heavy atom. The van der Waals surface area contributed by atoms with Crippen molar-refractivity contribution in [3.05, 3.63) is 42.2 Å². The van der Waals surface area contributed by atoms with Crippen LogP contribution in [0.25, 0.3) is 11.3 Å². The number of tetrazole rings is 1. The number of benzene rings is 1. The van der Waals surface area contributed by atoms with Crippen molar-refractivity contribution in [1.82, 2.24) is 20.2 Å². The summed E-state index contributed by atoms with van der Waals surface area (Å²) in [5.41, 5.74) is 8.70. The van der Waals surface area contributed by atoms with Crippen LogP contribution < -0.4 is 5.73 Å². The van der Waals surface area contributed by atoms with Gasteiger partial charge in [-0.15, -0.1) is 5.10 Å². The number of rotatable bonds is 3.